The first kappa shape index (κ1) is 43.0. The van der Waals surface area contributed by atoms with E-state index in [1.165, 1.54) is 34.6 Å². The van der Waals surface area contributed by atoms with Gasteiger partial charge in [0, 0.05) is 0 Å². The molecule has 5 heterocycles. The van der Waals surface area contributed by atoms with Gasteiger partial charge in [-0.3, -0.25) is 0 Å². The average molecular weight is 829 g/mol. The zero-order valence-corrected chi connectivity index (χ0v) is 28.6. The van der Waals surface area contributed by atoms with Gasteiger partial charge in [0.2, 0.25) is 0 Å². The Morgan fingerprint density at radius 1 is 0.396 bits per heavy atom. The fourth-order valence-electron chi connectivity index (χ4n) is 5.17. The minimum absolute atomic E-state index is 0. The first-order chi connectivity index (χ1) is 23.5. The van der Waals surface area contributed by atoms with E-state index in [1.807, 2.05) is 0 Å². The normalized spacial score (nSPS) is 13.0. The van der Waals surface area contributed by atoms with Crippen LogP contribution in [0.1, 0.15) is 56.9 Å². The Kier molecular flexibility index (Phi) is 11.7. The van der Waals surface area contributed by atoms with E-state index >= 15 is 0 Å². The summed E-state index contributed by atoms with van der Waals surface area (Å²) < 4.78 is 197. The Hall–Kier alpha value is -4.36. The molecule has 0 aromatic carbocycles. The van der Waals surface area contributed by atoms with E-state index in [0.717, 1.165) is 21.3 Å². The second-order valence-corrected chi connectivity index (χ2v) is 11.7. The van der Waals surface area contributed by atoms with Crippen molar-refractivity contribution in [3.63, 3.8) is 0 Å². The van der Waals surface area contributed by atoms with E-state index in [2.05, 4.69) is 25.5 Å². The molecule has 0 saturated heterocycles. The van der Waals surface area contributed by atoms with Crippen molar-refractivity contribution in [3.8, 4) is 0 Å². The summed E-state index contributed by atoms with van der Waals surface area (Å²) in [5.41, 5.74) is -6.21. The minimum Gasteiger partial charge on any atom is -0.426 e. The molecular weight excluding hydrogens is 806 g/mol. The molecule has 1 radical (unpaired) electrons. The molecule has 293 valence electrons. The molecular formula is C25H23B2CoF15N10. The number of rotatable bonds is 5. The van der Waals surface area contributed by atoms with Crippen molar-refractivity contribution in [3.05, 3.63) is 87.3 Å². The van der Waals surface area contributed by atoms with Crippen LogP contribution in [-0.2, 0) is 47.7 Å². The number of nitrogens with zero attached hydrogens (tertiary/aromatic N) is 10. The van der Waals surface area contributed by atoms with Crippen LogP contribution < -0.4 is 0 Å². The number of alkyl halides is 15. The van der Waals surface area contributed by atoms with E-state index in [1.54, 1.807) is 0 Å². The number of aryl methyl sites for hydroxylation is 5. The maximum atomic E-state index is 13.1. The molecule has 0 fully saturated rings. The molecule has 5 aromatic rings. The van der Waals surface area contributed by atoms with Crippen molar-refractivity contribution < 1.29 is 82.6 Å². The number of aromatic nitrogens is 10. The molecule has 0 unspecified atom stereocenters. The Balaban J connectivity index is 0.000000301. The van der Waals surface area contributed by atoms with E-state index in [4.69, 9.17) is 0 Å². The molecule has 0 aliphatic rings. The van der Waals surface area contributed by atoms with Crippen LogP contribution in [0.3, 0.4) is 0 Å². The summed E-state index contributed by atoms with van der Waals surface area (Å²) >= 11 is 0. The van der Waals surface area contributed by atoms with Gasteiger partial charge in [-0.15, -0.1) is 0 Å². The van der Waals surface area contributed by atoms with Gasteiger partial charge in [-0.25, -0.2) is 25.5 Å². The quantitative estimate of drug-likeness (QED) is 0.159. The zero-order chi connectivity index (χ0) is 39.5. The predicted octanol–water partition coefficient (Wildman–Crippen LogP) is 6.05. The van der Waals surface area contributed by atoms with Gasteiger partial charge in [0.05, 0.1) is 0 Å². The largest absolute Gasteiger partial charge is 2.00 e. The summed E-state index contributed by atoms with van der Waals surface area (Å²) in [6.07, 6.45) is -23.8. The standard InChI is InChI=1S/C15H13BF9N6.C10H10BF6N4.Co/c1-7-4-10(13(17,18)19)26-29(7)16(30-8(2)5-11(27-30)14(20,21)22)31-9(3)6-12(28-31)15(23,24)25;1-5-3-7(9(12,13)14)18-20(5)11-21-6(2)4-8(19-21)10(15,16)17;/h4-6,16H,1-3H3;3-4H,11H2,1-2H3;/q2*-1;+2. The van der Waals surface area contributed by atoms with E-state index in [9.17, 15) is 65.9 Å². The van der Waals surface area contributed by atoms with Crippen LogP contribution in [0, 0.1) is 34.6 Å². The van der Waals surface area contributed by atoms with Gasteiger partial charge >= 0.3 is 54.8 Å². The van der Waals surface area contributed by atoms with Gasteiger partial charge in [-0.1, -0.05) is 0 Å². The topological polar surface area (TPSA) is 89.1 Å². The first-order valence-electron chi connectivity index (χ1n) is 14.6. The average Bonchev–Trinajstić information content (AvgIpc) is 3.78. The van der Waals surface area contributed by atoms with Crippen molar-refractivity contribution >= 4 is 14.7 Å². The molecule has 10 nitrogen and oxygen atoms in total. The Bertz CT molecular complexity index is 1850. The third kappa shape index (κ3) is 9.60. The van der Waals surface area contributed by atoms with Crippen LogP contribution in [0.25, 0.3) is 0 Å². The van der Waals surface area contributed by atoms with E-state index in [-0.39, 0.29) is 45.2 Å². The molecule has 5 aromatic heterocycles. The molecule has 0 aliphatic heterocycles. The smallest absolute Gasteiger partial charge is 0.426 e. The van der Waals surface area contributed by atoms with Gasteiger partial charge in [0.1, 0.15) is 0 Å². The number of hydrogen-bond donors (Lipinski definition) is 0. The van der Waals surface area contributed by atoms with E-state index in [0.29, 0.717) is 32.0 Å². The van der Waals surface area contributed by atoms with Crippen LogP contribution in [0.2, 0.25) is 0 Å². The molecule has 0 amide bonds. The van der Waals surface area contributed by atoms with Gasteiger partial charge in [0.15, 0.2) is 36.0 Å². The monoisotopic (exact) mass is 829 g/mol. The first-order valence-corrected chi connectivity index (χ1v) is 14.6. The van der Waals surface area contributed by atoms with E-state index < -0.39 is 74.0 Å². The maximum absolute atomic E-state index is 13.1. The van der Waals surface area contributed by atoms with Crippen molar-refractivity contribution in [2.24, 2.45) is 0 Å². The van der Waals surface area contributed by atoms with Crippen molar-refractivity contribution in [2.75, 3.05) is 0 Å². The molecule has 5 rings (SSSR count). The van der Waals surface area contributed by atoms with Crippen LogP contribution in [0.4, 0.5) is 65.9 Å². The molecule has 0 aliphatic carbocycles. The second-order valence-electron chi connectivity index (χ2n) is 11.7. The number of halogens is 15. The third-order valence-electron chi connectivity index (χ3n) is 7.81. The Labute approximate surface area is 298 Å². The van der Waals surface area contributed by atoms with Gasteiger partial charge in [-0.05, 0) is 93.4 Å². The van der Waals surface area contributed by atoms with Crippen molar-refractivity contribution in [1.29, 1.82) is 0 Å². The van der Waals surface area contributed by atoms with Crippen molar-refractivity contribution in [2.45, 2.75) is 65.5 Å². The fourth-order valence-corrected chi connectivity index (χ4v) is 5.17. The second kappa shape index (κ2) is 14.5. The zero-order valence-electron chi connectivity index (χ0n) is 27.6. The van der Waals surface area contributed by atoms with Crippen LogP contribution >= 0.6 is 0 Å². The molecule has 0 N–H and O–H groups in total. The van der Waals surface area contributed by atoms with Crippen LogP contribution in [0.15, 0.2) is 30.3 Å². The summed E-state index contributed by atoms with van der Waals surface area (Å²) in [5, 5.41) is 17.0. The summed E-state index contributed by atoms with van der Waals surface area (Å²) in [6.45, 7) is 6.39. The summed E-state index contributed by atoms with van der Waals surface area (Å²) in [4.78, 5) is 0. The summed E-state index contributed by atoms with van der Waals surface area (Å²) in [6, 6.07) is 3.60. The third-order valence-corrected chi connectivity index (χ3v) is 7.81. The maximum Gasteiger partial charge on any atom is 2.00 e. The Morgan fingerprint density at radius 2 is 0.604 bits per heavy atom. The van der Waals surface area contributed by atoms with Gasteiger partial charge in [0.25, 0.3) is 0 Å². The molecule has 0 atom stereocenters. The number of hydrogen-bond acceptors (Lipinski definition) is 5. The molecule has 0 spiro atoms. The fraction of sp³-hybridized carbons (Fsp3) is 0.400. The van der Waals surface area contributed by atoms with Crippen LogP contribution in [-0.4, -0.2) is 63.1 Å². The van der Waals surface area contributed by atoms with Gasteiger partial charge in [-0.2, -0.15) is 65.9 Å². The van der Waals surface area contributed by atoms with Crippen LogP contribution in [0.5, 0.6) is 0 Å². The Morgan fingerprint density at radius 3 is 0.792 bits per heavy atom. The molecule has 0 saturated carbocycles. The summed E-state index contributed by atoms with van der Waals surface area (Å²) in [7, 11) is -4.53. The molecule has 28 heteroatoms. The minimum atomic E-state index is -4.88. The molecule has 0 bridgehead atoms. The molecule has 53 heavy (non-hydrogen) atoms. The van der Waals surface area contributed by atoms with Gasteiger partial charge < -0.3 is 23.0 Å². The van der Waals surface area contributed by atoms with Crippen molar-refractivity contribution in [1.82, 2.24) is 48.5 Å². The predicted molar refractivity (Wildman–Crippen MR) is 153 cm³/mol. The SMILES string of the molecule is Cc1cc(C(F)(F)F)nn1[BH-](n1nc(C(F)(F)F)cc1C)n1nc(C(F)(F)F)cc1C.Cc1cc(C(F)(F)F)nn1[BH2-]n1nc(C(F)(F)F)cc1C.[Co+2]. The summed E-state index contributed by atoms with van der Waals surface area (Å²) in [5.74, 6) is 0.